The van der Waals surface area contributed by atoms with Crippen molar-refractivity contribution in [3.63, 3.8) is 0 Å². The molecule has 0 radical (unpaired) electrons. The molecule has 3 rings (SSSR count). The first-order valence-corrected chi connectivity index (χ1v) is 9.83. The Hall–Kier alpha value is -1.73. The first kappa shape index (κ1) is 19.0. The second-order valence-corrected chi connectivity index (χ2v) is 7.82. The molecule has 26 heavy (non-hydrogen) atoms. The van der Waals surface area contributed by atoms with E-state index in [4.69, 9.17) is 4.74 Å². The highest BCUT2D eigenvalue weighted by atomic mass is 32.1. The minimum absolute atomic E-state index is 0.0711. The molecule has 1 aromatic carbocycles. The number of aliphatic hydroxyl groups is 1. The maximum atomic E-state index is 12.1. The molecule has 2 heterocycles. The van der Waals surface area contributed by atoms with Crippen LogP contribution in [0.2, 0.25) is 0 Å². The van der Waals surface area contributed by atoms with Gasteiger partial charge in [0.1, 0.15) is 6.10 Å². The summed E-state index contributed by atoms with van der Waals surface area (Å²) in [6.45, 7) is 1.89. The van der Waals surface area contributed by atoms with Crippen LogP contribution < -0.4 is 5.32 Å². The van der Waals surface area contributed by atoms with E-state index in [1.807, 2.05) is 42.8 Å². The highest BCUT2D eigenvalue weighted by Crippen LogP contribution is 2.16. The normalized spacial score (nSPS) is 22.7. The molecular weight excluding hydrogens is 348 g/mol. The Morgan fingerprint density at radius 2 is 2.12 bits per heavy atom. The summed E-state index contributed by atoms with van der Waals surface area (Å²) in [4.78, 5) is 15.3. The molecule has 2 aromatic rings. The summed E-state index contributed by atoms with van der Waals surface area (Å²) in [5.74, 6) is -0.0711. The number of likely N-dealkylation sites (N-methyl/N-ethyl adjacent to an activating group) is 1. The first-order valence-electron chi connectivity index (χ1n) is 8.95. The van der Waals surface area contributed by atoms with E-state index in [0.29, 0.717) is 19.6 Å². The van der Waals surface area contributed by atoms with Gasteiger partial charge in [0.25, 0.3) is 0 Å². The van der Waals surface area contributed by atoms with Gasteiger partial charge in [0.2, 0.25) is 5.91 Å². The van der Waals surface area contributed by atoms with Gasteiger partial charge in [-0.25, -0.2) is 0 Å². The van der Waals surface area contributed by atoms with E-state index in [1.165, 1.54) is 5.56 Å². The number of hydrogen-bond acceptors (Lipinski definition) is 5. The number of nitrogens with one attached hydrogen (secondary N) is 1. The van der Waals surface area contributed by atoms with Gasteiger partial charge in [-0.2, -0.15) is 0 Å². The van der Waals surface area contributed by atoms with Gasteiger partial charge in [-0.05, 0) is 30.5 Å². The summed E-state index contributed by atoms with van der Waals surface area (Å²) in [6.07, 6.45) is 0.355. The highest BCUT2D eigenvalue weighted by Gasteiger charge is 2.37. The number of benzene rings is 1. The van der Waals surface area contributed by atoms with Crippen LogP contribution in [-0.2, 0) is 22.4 Å². The zero-order valence-electron chi connectivity index (χ0n) is 15.0. The number of rotatable bonds is 8. The molecule has 1 saturated heterocycles. The van der Waals surface area contributed by atoms with Crippen molar-refractivity contribution in [2.45, 2.75) is 31.1 Å². The quantitative estimate of drug-likeness (QED) is 0.738. The van der Waals surface area contributed by atoms with E-state index in [0.717, 1.165) is 17.8 Å². The van der Waals surface area contributed by atoms with E-state index < -0.39 is 6.10 Å². The van der Waals surface area contributed by atoms with Gasteiger partial charge < -0.3 is 20.1 Å². The van der Waals surface area contributed by atoms with Crippen LogP contribution in [0.3, 0.4) is 0 Å². The Balaban J connectivity index is 1.41. The number of carbonyl (C=O) groups is 1. The van der Waals surface area contributed by atoms with Crippen LogP contribution in [-0.4, -0.2) is 60.9 Å². The van der Waals surface area contributed by atoms with E-state index in [2.05, 4.69) is 22.3 Å². The van der Waals surface area contributed by atoms with Gasteiger partial charge in [0.15, 0.2) is 0 Å². The zero-order valence-corrected chi connectivity index (χ0v) is 15.8. The highest BCUT2D eigenvalue weighted by molar-refractivity contribution is 7.10. The summed E-state index contributed by atoms with van der Waals surface area (Å²) in [5, 5.41) is 15.4. The predicted molar refractivity (Wildman–Crippen MR) is 103 cm³/mol. The number of thiophene rings is 1. The molecule has 2 N–H and O–H groups in total. The van der Waals surface area contributed by atoms with Crippen LogP contribution in [0.1, 0.15) is 10.4 Å². The van der Waals surface area contributed by atoms with E-state index in [-0.39, 0.29) is 18.1 Å². The Bertz CT molecular complexity index is 678. The number of ether oxygens (including phenoxy) is 1. The van der Waals surface area contributed by atoms with Crippen molar-refractivity contribution in [2.75, 3.05) is 26.7 Å². The van der Waals surface area contributed by atoms with Gasteiger partial charge in [-0.15, -0.1) is 11.3 Å². The molecule has 6 heteroatoms. The summed E-state index contributed by atoms with van der Waals surface area (Å²) in [5.41, 5.74) is 1.30. The Kier molecular flexibility index (Phi) is 6.80. The molecule has 1 aliphatic heterocycles. The molecule has 0 spiro atoms. The lowest BCUT2D eigenvalue weighted by Crippen LogP contribution is -2.47. The SMILES string of the molecule is CN(CCc1ccccc1)CC1OCC(NC(=O)Cc2cccs2)C1O. The molecule has 0 saturated carbocycles. The summed E-state index contributed by atoms with van der Waals surface area (Å²) in [7, 11) is 2.03. The van der Waals surface area contributed by atoms with Crippen LogP contribution in [0, 0.1) is 0 Å². The molecular formula is C20H26N2O3S. The van der Waals surface area contributed by atoms with Gasteiger partial charge in [0.05, 0.1) is 25.2 Å². The maximum Gasteiger partial charge on any atom is 0.225 e. The minimum atomic E-state index is -0.679. The minimum Gasteiger partial charge on any atom is -0.388 e. The van der Waals surface area contributed by atoms with Crippen molar-refractivity contribution in [1.82, 2.24) is 10.2 Å². The van der Waals surface area contributed by atoms with Crippen molar-refractivity contribution >= 4 is 17.2 Å². The standard InChI is InChI=1S/C20H26N2O3S/c1-22(10-9-15-6-3-2-4-7-15)13-18-20(24)17(14-25-18)21-19(23)12-16-8-5-11-26-16/h2-8,11,17-18,20,24H,9-10,12-14H2,1H3,(H,21,23). The van der Waals surface area contributed by atoms with Crippen molar-refractivity contribution in [3.05, 3.63) is 58.3 Å². The fourth-order valence-corrected chi connectivity index (χ4v) is 3.87. The molecule has 3 atom stereocenters. The largest absolute Gasteiger partial charge is 0.388 e. The van der Waals surface area contributed by atoms with Crippen molar-refractivity contribution < 1.29 is 14.6 Å². The molecule has 1 amide bonds. The van der Waals surface area contributed by atoms with Crippen LogP contribution in [0.4, 0.5) is 0 Å². The van der Waals surface area contributed by atoms with Gasteiger partial charge in [-0.3, -0.25) is 4.79 Å². The fourth-order valence-electron chi connectivity index (χ4n) is 3.16. The Morgan fingerprint density at radius 3 is 2.85 bits per heavy atom. The van der Waals surface area contributed by atoms with Gasteiger partial charge in [-0.1, -0.05) is 36.4 Å². The van der Waals surface area contributed by atoms with Crippen molar-refractivity contribution in [3.8, 4) is 0 Å². The molecule has 5 nitrogen and oxygen atoms in total. The first-order chi connectivity index (χ1) is 12.6. The lowest BCUT2D eigenvalue weighted by molar-refractivity contribution is -0.121. The fraction of sp³-hybridized carbons (Fsp3) is 0.450. The lowest BCUT2D eigenvalue weighted by atomic mass is 10.1. The van der Waals surface area contributed by atoms with E-state index in [1.54, 1.807) is 11.3 Å². The summed E-state index contributed by atoms with van der Waals surface area (Å²) in [6, 6.07) is 13.9. The number of carbonyl (C=O) groups excluding carboxylic acids is 1. The number of aliphatic hydroxyl groups excluding tert-OH is 1. The van der Waals surface area contributed by atoms with Crippen molar-refractivity contribution in [1.29, 1.82) is 0 Å². The molecule has 0 aliphatic carbocycles. The van der Waals surface area contributed by atoms with Crippen molar-refractivity contribution in [2.24, 2.45) is 0 Å². The smallest absolute Gasteiger partial charge is 0.225 e. The molecule has 1 fully saturated rings. The zero-order chi connectivity index (χ0) is 18.4. The topological polar surface area (TPSA) is 61.8 Å². The van der Waals surface area contributed by atoms with Crippen LogP contribution in [0.15, 0.2) is 47.8 Å². The molecule has 3 unspecified atom stereocenters. The monoisotopic (exact) mass is 374 g/mol. The average Bonchev–Trinajstić information content (AvgIpc) is 3.26. The Morgan fingerprint density at radius 1 is 1.31 bits per heavy atom. The maximum absolute atomic E-state index is 12.1. The summed E-state index contributed by atoms with van der Waals surface area (Å²) < 4.78 is 5.73. The van der Waals surface area contributed by atoms with Gasteiger partial charge >= 0.3 is 0 Å². The average molecular weight is 375 g/mol. The second kappa shape index (κ2) is 9.28. The molecule has 140 valence electrons. The predicted octanol–water partition coefficient (Wildman–Crippen LogP) is 1.71. The molecule has 1 aromatic heterocycles. The third-order valence-electron chi connectivity index (χ3n) is 4.66. The second-order valence-electron chi connectivity index (χ2n) is 6.79. The number of nitrogens with zero attached hydrogens (tertiary/aromatic N) is 1. The summed E-state index contributed by atoms with van der Waals surface area (Å²) >= 11 is 1.56. The third kappa shape index (κ3) is 5.38. The molecule has 1 aliphatic rings. The molecule has 0 bridgehead atoms. The van der Waals surface area contributed by atoms with E-state index >= 15 is 0 Å². The van der Waals surface area contributed by atoms with Gasteiger partial charge in [0, 0.05) is 18.0 Å². The third-order valence-corrected chi connectivity index (χ3v) is 5.54. The van der Waals surface area contributed by atoms with Crippen LogP contribution >= 0.6 is 11.3 Å². The number of amides is 1. The van der Waals surface area contributed by atoms with E-state index in [9.17, 15) is 9.90 Å². The number of hydrogen-bond donors (Lipinski definition) is 2. The van der Waals surface area contributed by atoms with Crippen LogP contribution in [0.5, 0.6) is 0 Å². The lowest BCUT2D eigenvalue weighted by Gasteiger charge is -2.23. The van der Waals surface area contributed by atoms with Crippen LogP contribution in [0.25, 0.3) is 0 Å². The Labute approximate surface area is 158 Å².